The first-order valence-corrected chi connectivity index (χ1v) is 11.5. The van der Waals surface area contributed by atoms with Crippen molar-refractivity contribution in [3.63, 3.8) is 0 Å². The Bertz CT molecular complexity index is 1830. The van der Waals surface area contributed by atoms with E-state index in [2.05, 4.69) is 15.5 Å². The molecule has 0 aliphatic carbocycles. The molecule has 0 radical (unpaired) electrons. The molecular formula is C28H19N5O4. The number of furan rings is 1. The number of carbonyl (C=O) groups excluding carboxylic acids is 1. The number of carbonyl (C=O) groups is 1. The average molecular weight is 489 g/mol. The van der Waals surface area contributed by atoms with Gasteiger partial charge in [-0.2, -0.15) is 0 Å². The summed E-state index contributed by atoms with van der Waals surface area (Å²) in [6.45, 7) is 1.88. The van der Waals surface area contributed by atoms with Gasteiger partial charge in [-0.15, -0.1) is 15.0 Å². The Morgan fingerprint density at radius 2 is 1.68 bits per heavy atom. The number of hydrogen-bond donors (Lipinski definition) is 1. The van der Waals surface area contributed by atoms with E-state index in [9.17, 15) is 14.9 Å². The molecule has 6 rings (SSSR count). The first-order chi connectivity index (χ1) is 18.0. The van der Waals surface area contributed by atoms with Gasteiger partial charge in [-0.1, -0.05) is 48.5 Å². The molecule has 0 spiro atoms. The first kappa shape index (κ1) is 22.2. The zero-order valence-corrected chi connectivity index (χ0v) is 19.6. The van der Waals surface area contributed by atoms with Crippen molar-refractivity contribution in [1.82, 2.24) is 15.0 Å². The Morgan fingerprint density at radius 1 is 0.919 bits per heavy atom. The molecule has 9 heteroatoms. The zero-order valence-electron chi connectivity index (χ0n) is 19.6. The molecule has 0 saturated carbocycles. The molecule has 0 saturated heterocycles. The first-order valence-electron chi connectivity index (χ1n) is 11.5. The standard InChI is InChI=1S/C28H19N5O4/c1-17-14-23-24(31-32(30-23)25-11-5-7-18-6-2-3-10-21(18)25)16-22(17)29-28(34)27-13-12-26(37-27)19-8-4-9-20(15-19)33(35)36/h2-16H,1H3,(H,29,34). The number of fused-ring (bicyclic) bond motifs is 2. The highest BCUT2D eigenvalue weighted by molar-refractivity contribution is 6.04. The Balaban J connectivity index is 1.29. The SMILES string of the molecule is Cc1cc2nn(-c3cccc4ccccc34)nc2cc1NC(=O)c1ccc(-c2cccc([N+](=O)[O-])c2)o1. The van der Waals surface area contributed by atoms with Crippen molar-refractivity contribution in [3.8, 4) is 17.0 Å². The number of non-ortho nitro benzene ring substituents is 1. The van der Waals surface area contributed by atoms with Crippen LogP contribution in [0.5, 0.6) is 0 Å². The van der Waals surface area contributed by atoms with E-state index >= 15 is 0 Å². The molecule has 1 amide bonds. The van der Waals surface area contributed by atoms with Crippen molar-refractivity contribution >= 4 is 39.1 Å². The van der Waals surface area contributed by atoms with E-state index in [4.69, 9.17) is 4.42 Å². The number of aromatic nitrogens is 3. The largest absolute Gasteiger partial charge is 0.451 e. The summed E-state index contributed by atoms with van der Waals surface area (Å²) in [6.07, 6.45) is 0. The van der Waals surface area contributed by atoms with E-state index in [0.717, 1.165) is 22.0 Å². The summed E-state index contributed by atoms with van der Waals surface area (Å²) in [5.41, 5.74) is 4.05. The molecule has 2 aromatic heterocycles. The van der Waals surface area contributed by atoms with Gasteiger partial charge in [0.05, 0.1) is 10.6 Å². The maximum absolute atomic E-state index is 12.9. The highest BCUT2D eigenvalue weighted by Gasteiger charge is 2.17. The molecule has 0 fully saturated rings. The number of nitro benzene ring substituents is 1. The van der Waals surface area contributed by atoms with E-state index in [1.807, 2.05) is 55.5 Å². The van der Waals surface area contributed by atoms with E-state index in [0.29, 0.717) is 28.0 Å². The van der Waals surface area contributed by atoms with Crippen LogP contribution in [-0.2, 0) is 0 Å². The number of rotatable bonds is 5. The Labute approximate surface area is 210 Å². The van der Waals surface area contributed by atoms with E-state index < -0.39 is 10.8 Å². The maximum Gasteiger partial charge on any atom is 0.291 e. The Morgan fingerprint density at radius 3 is 2.51 bits per heavy atom. The number of anilines is 1. The number of aryl methyl sites for hydroxylation is 1. The van der Waals surface area contributed by atoms with Crippen LogP contribution >= 0.6 is 0 Å². The number of benzene rings is 4. The van der Waals surface area contributed by atoms with Gasteiger partial charge in [0.2, 0.25) is 0 Å². The molecule has 37 heavy (non-hydrogen) atoms. The fraction of sp³-hybridized carbons (Fsp3) is 0.0357. The van der Waals surface area contributed by atoms with Gasteiger partial charge in [-0.3, -0.25) is 14.9 Å². The molecule has 1 N–H and O–H groups in total. The minimum absolute atomic E-state index is 0.0552. The maximum atomic E-state index is 12.9. The number of nitrogens with zero attached hydrogens (tertiary/aromatic N) is 4. The van der Waals surface area contributed by atoms with Crippen LogP contribution in [-0.4, -0.2) is 25.8 Å². The van der Waals surface area contributed by atoms with Crippen LogP contribution in [0.1, 0.15) is 16.1 Å². The monoisotopic (exact) mass is 489 g/mol. The van der Waals surface area contributed by atoms with Crippen LogP contribution in [0, 0.1) is 17.0 Å². The highest BCUT2D eigenvalue weighted by Crippen LogP contribution is 2.28. The molecule has 0 atom stereocenters. The van der Waals surface area contributed by atoms with Crippen molar-refractivity contribution in [2.24, 2.45) is 0 Å². The molecule has 6 aromatic rings. The molecule has 2 heterocycles. The van der Waals surface area contributed by atoms with Crippen molar-refractivity contribution in [2.45, 2.75) is 6.92 Å². The van der Waals surface area contributed by atoms with E-state index in [1.54, 1.807) is 29.1 Å². The minimum atomic E-state index is -0.477. The molecule has 0 aliphatic heterocycles. The molecule has 4 aromatic carbocycles. The minimum Gasteiger partial charge on any atom is -0.451 e. The summed E-state index contributed by atoms with van der Waals surface area (Å²) < 4.78 is 5.70. The van der Waals surface area contributed by atoms with Crippen LogP contribution in [0.25, 0.3) is 38.8 Å². The zero-order chi connectivity index (χ0) is 25.5. The second-order valence-electron chi connectivity index (χ2n) is 8.57. The Hall–Kier alpha value is -5.31. The number of hydrogen-bond acceptors (Lipinski definition) is 6. The lowest BCUT2D eigenvalue weighted by Crippen LogP contribution is -2.11. The van der Waals surface area contributed by atoms with Gasteiger partial charge in [0.15, 0.2) is 5.76 Å². The predicted octanol–water partition coefficient (Wildman–Crippen LogP) is 6.30. The van der Waals surface area contributed by atoms with Crippen molar-refractivity contribution in [3.05, 3.63) is 112 Å². The summed E-state index contributed by atoms with van der Waals surface area (Å²) in [7, 11) is 0. The van der Waals surface area contributed by atoms with Crippen LogP contribution in [0.3, 0.4) is 0 Å². The normalized spacial score (nSPS) is 11.2. The highest BCUT2D eigenvalue weighted by atomic mass is 16.6. The van der Waals surface area contributed by atoms with Gasteiger partial charge in [0, 0.05) is 28.8 Å². The molecule has 180 valence electrons. The third-order valence-corrected chi connectivity index (χ3v) is 6.13. The van der Waals surface area contributed by atoms with Gasteiger partial charge in [-0.05, 0) is 48.2 Å². The van der Waals surface area contributed by atoms with Crippen molar-refractivity contribution < 1.29 is 14.1 Å². The van der Waals surface area contributed by atoms with Crippen molar-refractivity contribution in [2.75, 3.05) is 5.32 Å². The van der Waals surface area contributed by atoms with Gasteiger partial charge in [-0.25, -0.2) is 0 Å². The summed E-state index contributed by atoms with van der Waals surface area (Å²) in [6, 6.07) is 26.9. The van der Waals surface area contributed by atoms with E-state index in [1.165, 1.54) is 18.2 Å². The summed E-state index contributed by atoms with van der Waals surface area (Å²) in [5.74, 6) is 0.0000404. The van der Waals surface area contributed by atoms with Crippen LogP contribution in [0.4, 0.5) is 11.4 Å². The molecule has 9 nitrogen and oxygen atoms in total. The lowest BCUT2D eigenvalue weighted by molar-refractivity contribution is -0.384. The predicted molar refractivity (Wildman–Crippen MR) is 140 cm³/mol. The summed E-state index contributed by atoms with van der Waals surface area (Å²) in [5, 5.41) is 25.4. The van der Waals surface area contributed by atoms with Crippen LogP contribution in [0.2, 0.25) is 0 Å². The fourth-order valence-electron chi connectivity index (χ4n) is 4.26. The third-order valence-electron chi connectivity index (χ3n) is 6.13. The summed E-state index contributed by atoms with van der Waals surface area (Å²) in [4.78, 5) is 25.1. The lowest BCUT2D eigenvalue weighted by Gasteiger charge is -2.06. The summed E-state index contributed by atoms with van der Waals surface area (Å²) >= 11 is 0. The smallest absolute Gasteiger partial charge is 0.291 e. The number of amides is 1. The molecule has 0 unspecified atom stereocenters. The number of nitrogens with one attached hydrogen (secondary N) is 1. The molecular weight excluding hydrogens is 470 g/mol. The lowest BCUT2D eigenvalue weighted by atomic mass is 10.1. The second-order valence-corrected chi connectivity index (χ2v) is 8.57. The van der Waals surface area contributed by atoms with E-state index in [-0.39, 0.29) is 11.4 Å². The fourth-order valence-corrected chi connectivity index (χ4v) is 4.26. The third kappa shape index (κ3) is 4.08. The van der Waals surface area contributed by atoms with Crippen LogP contribution < -0.4 is 5.32 Å². The quantitative estimate of drug-likeness (QED) is 0.224. The molecule has 0 bridgehead atoms. The molecule has 0 aliphatic rings. The van der Waals surface area contributed by atoms with Gasteiger partial charge < -0.3 is 9.73 Å². The number of nitro groups is 1. The topological polar surface area (TPSA) is 116 Å². The Kier molecular flexibility index (Phi) is 5.23. The second kappa shape index (κ2) is 8.72. The van der Waals surface area contributed by atoms with Gasteiger partial charge in [0.25, 0.3) is 11.6 Å². The van der Waals surface area contributed by atoms with Gasteiger partial charge >= 0.3 is 0 Å². The average Bonchev–Trinajstić information content (AvgIpc) is 3.56. The van der Waals surface area contributed by atoms with Crippen molar-refractivity contribution in [1.29, 1.82) is 0 Å². The van der Waals surface area contributed by atoms with Crippen LogP contribution in [0.15, 0.2) is 95.4 Å². The van der Waals surface area contributed by atoms with Gasteiger partial charge in [0.1, 0.15) is 16.8 Å².